The molecule has 3 heteroatoms. The molecule has 0 bridgehead atoms. The molecule has 0 atom stereocenters. The summed E-state index contributed by atoms with van der Waals surface area (Å²) in [6, 6.07) is 9.86. The second-order valence-electron chi connectivity index (χ2n) is 3.89. The van der Waals surface area contributed by atoms with Gasteiger partial charge in [0, 0.05) is 24.3 Å². The molecule has 0 saturated heterocycles. The van der Waals surface area contributed by atoms with Crippen LogP contribution in [-0.4, -0.2) is 6.54 Å². The van der Waals surface area contributed by atoms with Crippen molar-refractivity contribution >= 4 is 11.4 Å². The van der Waals surface area contributed by atoms with Crippen molar-refractivity contribution in [1.82, 2.24) is 0 Å². The van der Waals surface area contributed by atoms with Gasteiger partial charge in [-0.1, -0.05) is 0 Å². The van der Waals surface area contributed by atoms with Gasteiger partial charge in [-0.3, -0.25) is 0 Å². The van der Waals surface area contributed by atoms with Crippen LogP contribution in [0.5, 0.6) is 0 Å². The fourth-order valence-electron chi connectivity index (χ4n) is 1.70. The highest BCUT2D eigenvalue weighted by atomic mass is 16.3. The van der Waals surface area contributed by atoms with E-state index in [-0.39, 0.29) is 0 Å². The van der Waals surface area contributed by atoms with Gasteiger partial charge in [-0.05, 0) is 42.8 Å². The topological polar surface area (TPSA) is 51.2 Å². The van der Waals surface area contributed by atoms with Crippen LogP contribution in [0.2, 0.25) is 0 Å². The third kappa shape index (κ3) is 2.79. The lowest BCUT2D eigenvalue weighted by molar-refractivity contribution is 0.513. The highest BCUT2D eigenvalue weighted by Crippen LogP contribution is 2.15. The maximum atomic E-state index is 5.77. The number of nitrogens with one attached hydrogen (secondary N) is 1. The molecule has 0 aliphatic heterocycles. The van der Waals surface area contributed by atoms with Crippen molar-refractivity contribution in [1.29, 1.82) is 0 Å². The summed E-state index contributed by atoms with van der Waals surface area (Å²) < 4.78 is 5.25. The van der Waals surface area contributed by atoms with Gasteiger partial charge in [0.05, 0.1) is 6.26 Å². The van der Waals surface area contributed by atoms with Crippen LogP contribution in [0.15, 0.2) is 41.0 Å². The van der Waals surface area contributed by atoms with Gasteiger partial charge in [-0.2, -0.15) is 0 Å². The molecule has 0 spiro atoms. The smallest absolute Gasteiger partial charge is 0.105 e. The third-order valence-electron chi connectivity index (χ3n) is 2.38. The van der Waals surface area contributed by atoms with Gasteiger partial charge in [0.2, 0.25) is 0 Å². The molecule has 0 saturated carbocycles. The fraction of sp³-hybridized carbons (Fsp3) is 0.231. The molecule has 1 aromatic carbocycles. The largest absolute Gasteiger partial charge is 0.469 e. The molecule has 1 heterocycles. The monoisotopic (exact) mass is 216 g/mol. The Labute approximate surface area is 95.3 Å². The van der Waals surface area contributed by atoms with Gasteiger partial charge < -0.3 is 15.5 Å². The Morgan fingerprint density at radius 1 is 1.31 bits per heavy atom. The molecule has 16 heavy (non-hydrogen) atoms. The molecule has 0 amide bonds. The van der Waals surface area contributed by atoms with E-state index >= 15 is 0 Å². The van der Waals surface area contributed by atoms with Gasteiger partial charge in [0.15, 0.2) is 0 Å². The van der Waals surface area contributed by atoms with Gasteiger partial charge in [-0.25, -0.2) is 0 Å². The van der Waals surface area contributed by atoms with Crippen LogP contribution in [0.4, 0.5) is 11.4 Å². The Morgan fingerprint density at radius 3 is 2.88 bits per heavy atom. The minimum atomic E-state index is 0.792. The molecule has 84 valence electrons. The minimum Gasteiger partial charge on any atom is -0.469 e. The highest BCUT2D eigenvalue weighted by molar-refractivity contribution is 5.56. The zero-order valence-electron chi connectivity index (χ0n) is 9.36. The standard InChI is InChI=1S/C13H16N2O/c1-10-7-11(14)9-12(8-10)15-5-4-13-3-2-6-16-13/h2-3,6-9,15H,4-5,14H2,1H3. The maximum Gasteiger partial charge on any atom is 0.105 e. The number of benzene rings is 1. The van der Waals surface area contributed by atoms with E-state index in [0.29, 0.717) is 0 Å². The van der Waals surface area contributed by atoms with E-state index in [1.54, 1.807) is 6.26 Å². The van der Waals surface area contributed by atoms with Crippen LogP contribution in [0.25, 0.3) is 0 Å². The lowest BCUT2D eigenvalue weighted by Crippen LogP contribution is -2.04. The quantitative estimate of drug-likeness (QED) is 0.773. The molecule has 2 rings (SSSR count). The average molecular weight is 216 g/mol. The van der Waals surface area contributed by atoms with E-state index < -0.39 is 0 Å². The summed E-state index contributed by atoms with van der Waals surface area (Å²) in [7, 11) is 0. The normalized spacial score (nSPS) is 10.3. The lowest BCUT2D eigenvalue weighted by atomic mass is 10.2. The Bertz CT molecular complexity index is 429. The predicted molar refractivity (Wildman–Crippen MR) is 66.5 cm³/mol. The predicted octanol–water partition coefficient (Wildman–Crippen LogP) is 2.82. The van der Waals surface area contributed by atoms with Crippen molar-refractivity contribution in [2.75, 3.05) is 17.6 Å². The number of hydrogen-bond donors (Lipinski definition) is 2. The average Bonchev–Trinajstić information content (AvgIpc) is 2.69. The molecular formula is C13H16N2O. The molecular weight excluding hydrogens is 200 g/mol. The number of aryl methyl sites for hydroxylation is 1. The van der Waals surface area contributed by atoms with E-state index in [0.717, 1.165) is 30.1 Å². The van der Waals surface area contributed by atoms with E-state index in [9.17, 15) is 0 Å². The summed E-state index contributed by atoms with van der Waals surface area (Å²) in [5.41, 5.74) is 8.79. The van der Waals surface area contributed by atoms with Crippen molar-refractivity contribution in [2.45, 2.75) is 13.3 Å². The van der Waals surface area contributed by atoms with Crippen molar-refractivity contribution in [3.05, 3.63) is 47.9 Å². The highest BCUT2D eigenvalue weighted by Gasteiger charge is 1.97. The van der Waals surface area contributed by atoms with Crippen molar-refractivity contribution in [3.63, 3.8) is 0 Å². The minimum absolute atomic E-state index is 0.792. The SMILES string of the molecule is Cc1cc(N)cc(NCCc2ccco2)c1. The number of rotatable bonds is 4. The number of hydrogen-bond acceptors (Lipinski definition) is 3. The molecule has 1 aromatic heterocycles. The Morgan fingerprint density at radius 2 is 2.19 bits per heavy atom. The fourth-order valence-corrected chi connectivity index (χ4v) is 1.70. The van der Waals surface area contributed by atoms with Crippen molar-refractivity contribution in [3.8, 4) is 0 Å². The summed E-state index contributed by atoms with van der Waals surface area (Å²) in [4.78, 5) is 0. The van der Waals surface area contributed by atoms with E-state index in [1.165, 1.54) is 5.56 Å². The first kappa shape index (κ1) is 10.6. The number of anilines is 2. The first-order valence-corrected chi connectivity index (χ1v) is 5.37. The summed E-state index contributed by atoms with van der Waals surface area (Å²) in [5.74, 6) is 0.994. The van der Waals surface area contributed by atoms with E-state index in [2.05, 4.69) is 11.4 Å². The Kier molecular flexibility index (Phi) is 3.15. The summed E-state index contributed by atoms with van der Waals surface area (Å²) in [5, 5.41) is 3.32. The molecule has 0 fully saturated rings. The second-order valence-corrected chi connectivity index (χ2v) is 3.89. The number of nitrogen functional groups attached to an aromatic ring is 1. The van der Waals surface area contributed by atoms with Crippen molar-refractivity contribution < 1.29 is 4.42 Å². The van der Waals surface area contributed by atoms with Crippen LogP contribution in [0.3, 0.4) is 0 Å². The van der Waals surface area contributed by atoms with Gasteiger partial charge in [0.25, 0.3) is 0 Å². The number of nitrogens with two attached hydrogens (primary N) is 1. The zero-order chi connectivity index (χ0) is 11.4. The lowest BCUT2D eigenvalue weighted by Gasteiger charge is -2.07. The summed E-state index contributed by atoms with van der Waals surface area (Å²) >= 11 is 0. The van der Waals surface area contributed by atoms with E-state index in [4.69, 9.17) is 10.2 Å². The molecule has 2 aromatic rings. The van der Waals surface area contributed by atoms with Crippen LogP contribution in [-0.2, 0) is 6.42 Å². The molecule has 3 nitrogen and oxygen atoms in total. The zero-order valence-corrected chi connectivity index (χ0v) is 9.36. The first-order valence-electron chi connectivity index (χ1n) is 5.37. The Balaban J connectivity index is 1.89. The van der Waals surface area contributed by atoms with Crippen LogP contribution < -0.4 is 11.1 Å². The first-order chi connectivity index (χ1) is 7.74. The van der Waals surface area contributed by atoms with Crippen molar-refractivity contribution in [2.24, 2.45) is 0 Å². The van der Waals surface area contributed by atoms with Gasteiger partial charge in [-0.15, -0.1) is 0 Å². The number of furan rings is 1. The molecule has 0 radical (unpaired) electrons. The van der Waals surface area contributed by atoms with E-state index in [1.807, 2.05) is 31.2 Å². The molecule has 3 N–H and O–H groups in total. The molecule has 0 unspecified atom stereocenters. The summed E-state index contributed by atoms with van der Waals surface area (Å²) in [6.07, 6.45) is 2.57. The van der Waals surface area contributed by atoms with Crippen LogP contribution >= 0.6 is 0 Å². The van der Waals surface area contributed by atoms with Gasteiger partial charge >= 0.3 is 0 Å². The maximum absolute atomic E-state index is 5.77. The third-order valence-corrected chi connectivity index (χ3v) is 2.38. The molecule has 0 aliphatic rings. The Hall–Kier alpha value is -1.90. The van der Waals surface area contributed by atoms with Gasteiger partial charge in [0.1, 0.15) is 5.76 Å². The van der Waals surface area contributed by atoms with Crippen LogP contribution in [0.1, 0.15) is 11.3 Å². The van der Waals surface area contributed by atoms with Crippen LogP contribution in [0, 0.1) is 6.92 Å². The molecule has 0 aliphatic carbocycles. The summed E-state index contributed by atoms with van der Waals surface area (Å²) in [6.45, 7) is 2.88. The second kappa shape index (κ2) is 4.75.